The summed E-state index contributed by atoms with van der Waals surface area (Å²) < 4.78 is 5.55. The fourth-order valence-corrected chi connectivity index (χ4v) is 3.66. The maximum absolute atomic E-state index is 13.3. The number of carbonyl (C=O) groups excluding carboxylic acids is 3. The van der Waals surface area contributed by atoms with Gasteiger partial charge in [0.05, 0.1) is 24.8 Å². The van der Waals surface area contributed by atoms with E-state index in [2.05, 4.69) is 10.6 Å². The Morgan fingerprint density at radius 3 is 2.16 bits per heavy atom. The zero-order valence-electron chi connectivity index (χ0n) is 19.1. The van der Waals surface area contributed by atoms with E-state index in [1.807, 2.05) is 45.9 Å². The molecule has 0 radical (unpaired) electrons. The third-order valence-corrected chi connectivity index (χ3v) is 4.92. The SMILES string of the molecule is CC(=O)Nc1ccc(C2=C(Nc3cc(C)cc(C)c3)C(=O)N(CCOC(C)C)C2=O)cc1. The quantitative estimate of drug-likeness (QED) is 0.615. The molecular formula is C25H29N3O4. The van der Waals surface area contributed by atoms with Crippen molar-refractivity contribution in [3.8, 4) is 0 Å². The molecule has 2 aromatic rings. The van der Waals surface area contributed by atoms with Crippen LogP contribution in [0.2, 0.25) is 0 Å². The van der Waals surface area contributed by atoms with E-state index in [1.54, 1.807) is 24.3 Å². The predicted molar refractivity (Wildman–Crippen MR) is 125 cm³/mol. The Morgan fingerprint density at radius 1 is 0.969 bits per heavy atom. The minimum Gasteiger partial charge on any atom is -0.377 e. The van der Waals surface area contributed by atoms with Gasteiger partial charge in [-0.1, -0.05) is 18.2 Å². The van der Waals surface area contributed by atoms with Crippen molar-refractivity contribution >= 4 is 34.7 Å². The fraction of sp³-hybridized carbons (Fsp3) is 0.320. The number of hydrogen-bond donors (Lipinski definition) is 2. The lowest BCUT2D eigenvalue weighted by Crippen LogP contribution is -2.35. The van der Waals surface area contributed by atoms with Crippen LogP contribution in [0.3, 0.4) is 0 Å². The summed E-state index contributed by atoms with van der Waals surface area (Å²) >= 11 is 0. The molecule has 0 unspecified atom stereocenters. The average molecular weight is 436 g/mol. The van der Waals surface area contributed by atoms with E-state index >= 15 is 0 Å². The highest BCUT2D eigenvalue weighted by Gasteiger charge is 2.39. The summed E-state index contributed by atoms with van der Waals surface area (Å²) in [5.41, 5.74) is 4.58. The maximum Gasteiger partial charge on any atom is 0.278 e. The molecule has 1 aliphatic heterocycles. The molecule has 3 amide bonds. The second kappa shape index (κ2) is 9.78. The number of aryl methyl sites for hydroxylation is 2. The van der Waals surface area contributed by atoms with E-state index in [0.717, 1.165) is 16.8 Å². The molecule has 0 fully saturated rings. The Kier molecular flexibility index (Phi) is 7.10. The van der Waals surface area contributed by atoms with Crippen molar-refractivity contribution in [1.29, 1.82) is 0 Å². The van der Waals surface area contributed by atoms with E-state index in [1.165, 1.54) is 11.8 Å². The van der Waals surface area contributed by atoms with Crippen LogP contribution in [-0.4, -0.2) is 41.9 Å². The first-order chi connectivity index (χ1) is 15.2. The molecule has 7 heteroatoms. The Labute approximate surface area is 188 Å². The average Bonchev–Trinajstić information content (AvgIpc) is 2.91. The number of nitrogens with zero attached hydrogens (tertiary/aromatic N) is 1. The monoisotopic (exact) mass is 435 g/mol. The van der Waals surface area contributed by atoms with E-state index in [9.17, 15) is 14.4 Å². The van der Waals surface area contributed by atoms with Gasteiger partial charge in [-0.25, -0.2) is 0 Å². The van der Waals surface area contributed by atoms with Crippen LogP contribution in [0.4, 0.5) is 11.4 Å². The summed E-state index contributed by atoms with van der Waals surface area (Å²) in [5.74, 6) is -0.943. The molecule has 0 aliphatic carbocycles. The number of benzene rings is 2. The molecule has 0 saturated heterocycles. The van der Waals surface area contributed by atoms with Gasteiger partial charge in [-0.2, -0.15) is 0 Å². The largest absolute Gasteiger partial charge is 0.377 e. The number of amides is 3. The van der Waals surface area contributed by atoms with Crippen LogP contribution >= 0.6 is 0 Å². The summed E-state index contributed by atoms with van der Waals surface area (Å²) in [7, 11) is 0. The van der Waals surface area contributed by atoms with Gasteiger partial charge in [0, 0.05) is 18.3 Å². The lowest BCUT2D eigenvalue weighted by atomic mass is 10.0. The molecule has 1 heterocycles. The molecule has 0 atom stereocenters. The van der Waals surface area contributed by atoms with Crippen LogP contribution in [0, 0.1) is 13.8 Å². The van der Waals surface area contributed by atoms with Crippen molar-refractivity contribution in [2.45, 2.75) is 40.7 Å². The number of anilines is 2. The zero-order chi connectivity index (χ0) is 23.4. The molecule has 0 bridgehead atoms. The summed E-state index contributed by atoms with van der Waals surface area (Å²) in [6, 6.07) is 12.8. The van der Waals surface area contributed by atoms with Gasteiger partial charge in [-0.3, -0.25) is 19.3 Å². The van der Waals surface area contributed by atoms with Crippen molar-refractivity contribution in [3.63, 3.8) is 0 Å². The van der Waals surface area contributed by atoms with Gasteiger partial charge in [0.25, 0.3) is 11.8 Å². The van der Waals surface area contributed by atoms with Crippen molar-refractivity contribution in [1.82, 2.24) is 4.90 Å². The van der Waals surface area contributed by atoms with Gasteiger partial charge in [0.15, 0.2) is 0 Å². The molecule has 0 aromatic heterocycles. The standard InChI is InChI=1S/C25H29N3O4/c1-15(2)32-11-10-28-24(30)22(19-6-8-20(9-7-19)26-18(5)29)23(25(28)31)27-21-13-16(3)12-17(4)14-21/h6-9,12-15,27H,10-11H2,1-5H3,(H,26,29). The second-order valence-electron chi connectivity index (χ2n) is 8.19. The lowest BCUT2D eigenvalue weighted by molar-refractivity contribution is -0.138. The van der Waals surface area contributed by atoms with Crippen LogP contribution in [0.25, 0.3) is 5.57 Å². The summed E-state index contributed by atoms with van der Waals surface area (Å²) in [6.45, 7) is 9.62. The molecule has 1 aliphatic rings. The van der Waals surface area contributed by atoms with E-state index < -0.39 is 0 Å². The highest BCUT2D eigenvalue weighted by atomic mass is 16.5. The number of hydrogen-bond acceptors (Lipinski definition) is 5. The Bertz CT molecular complexity index is 1050. The molecule has 168 valence electrons. The number of nitrogens with one attached hydrogen (secondary N) is 2. The fourth-order valence-electron chi connectivity index (χ4n) is 3.66. The topological polar surface area (TPSA) is 87.7 Å². The summed E-state index contributed by atoms with van der Waals surface area (Å²) in [4.78, 5) is 39.0. The van der Waals surface area contributed by atoms with Gasteiger partial charge in [0.2, 0.25) is 5.91 Å². The Morgan fingerprint density at radius 2 is 1.59 bits per heavy atom. The van der Waals surface area contributed by atoms with Crippen LogP contribution < -0.4 is 10.6 Å². The van der Waals surface area contributed by atoms with E-state index in [4.69, 9.17) is 4.74 Å². The van der Waals surface area contributed by atoms with Crippen molar-refractivity contribution in [2.24, 2.45) is 0 Å². The minimum absolute atomic E-state index is 0.00409. The minimum atomic E-state index is -0.387. The summed E-state index contributed by atoms with van der Waals surface area (Å²) in [6.07, 6.45) is 0.00409. The molecule has 7 nitrogen and oxygen atoms in total. The van der Waals surface area contributed by atoms with Gasteiger partial charge >= 0.3 is 0 Å². The Hall–Kier alpha value is -3.45. The van der Waals surface area contributed by atoms with Gasteiger partial charge < -0.3 is 15.4 Å². The highest BCUT2D eigenvalue weighted by Crippen LogP contribution is 2.31. The zero-order valence-corrected chi connectivity index (χ0v) is 19.1. The first kappa shape index (κ1) is 23.2. The van der Waals surface area contributed by atoms with E-state index in [-0.39, 0.29) is 42.7 Å². The molecular weight excluding hydrogens is 406 g/mol. The summed E-state index contributed by atoms with van der Waals surface area (Å²) in [5, 5.41) is 5.89. The van der Waals surface area contributed by atoms with Crippen molar-refractivity contribution in [3.05, 3.63) is 64.9 Å². The van der Waals surface area contributed by atoms with Crippen LogP contribution in [-0.2, 0) is 19.1 Å². The van der Waals surface area contributed by atoms with Crippen LogP contribution in [0.15, 0.2) is 48.2 Å². The predicted octanol–water partition coefficient (Wildman–Crippen LogP) is 3.88. The normalized spacial score (nSPS) is 13.9. The molecule has 2 N–H and O–H groups in total. The smallest absolute Gasteiger partial charge is 0.278 e. The van der Waals surface area contributed by atoms with Crippen LogP contribution in [0.5, 0.6) is 0 Å². The van der Waals surface area contributed by atoms with Gasteiger partial charge in [0.1, 0.15) is 5.70 Å². The highest BCUT2D eigenvalue weighted by molar-refractivity contribution is 6.36. The number of carbonyl (C=O) groups is 3. The Balaban J connectivity index is 1.98. The third-order valence-electron chi connectivity index (χ3n) is 4.92. The number of rotatable bonds is 8. The molecule has 2 aromatic carbocycles. The molecule has 32 heavy (non-hydrogen) atoms. The van der Waals surface area contributed by atoms with Gasteiger partial charge in [-0.15, -0.1) is 0 Å². The first-order valence-electron chi connectivity index (χ1n) is 10.6. The van der Waals surface area contributed by atoms with E-state index in [0.29, 0.717) is 16.8 Å². The molecule has 0 saturated carbocycles. The van der Waals surface area contributed by atoms with Gasteiger partial charge in [-0.05, 0) is 68.7 Å². The van der Waals surface area contributed by atoms with Crippen molar-refractivity contribution in [2.75, 3.05) is 23.8 Å². The lowest BCUT2D eigenvalue weighted by Gasteiger charge is -2.16. The third kappa shape index (κ3) is 5.42. The van der Waals surface area contributed by atoms with Crippen LogP contribution in [0.1, 0.15) is 37.5 Å². The maximum atomic E-state index is 13.3. The number of imide groups is 1. The molecule has 3 rings (SSSR count). The molecule has 0 spiro atoms. The first-order valence-corrected chi connectivity index (χ1v) is 10.6. The van der Waals surface area contributed by atoms with Crippen molar-refractivity contribution < 1.29 is 19.1 Å². The second-order valence-corrected chi connectivity index (χ2v) is 8.19. The number of ether oxygens (including phenoxy) is 1.